The Morgan fingerprint density at radius 3 is 2.50 bits per heavy atom. The summed E-state index contributed by atoms with van der Waals surface area (Å²) < 4.78 is 4.56. The highest BCUT2D eigenvalue weighted by Crippen LogP contribution is 2.13. The number of imidazole rings is 1. The maximum Gasteiger partial charge on any atom is 0.333 e. The molecule has 0 aliphatic carbocycles. The van der Waals surface area contributed by atoms with E-state index in [0.717, 1.165) is 5.56 Å². The van der Waals surface area contributed by atoms with Gasteiger partial charge in [0.2, 0.25) is 0 Å². The van der Waals surface area contributed by atoms with Gasteiger partial charge in [-0.2, -0.15) is 0 Å². The highest BCUT2D eigenvalue weighted by atomic mass is 16.2. The van der Waals surface area contributed by atoms with Crippen molar-refractivity contribution in [3.05, 3.63) is 81.1 Å². The van der Waals surface area contributed by atoms with Crippen molar-refractivity contribution in [1.82, 2.24) is 18.5 Å². The molecule has 0 radical (unpaired) electrons. The zero-order valence-corrected chi connectivity index (χ0v) is 14.2. The number of benzene rings is 1. The predicted molar refractivity (Wildman–Crippen MR) is 100 cm³/mol. The monoisotopic (exact) mass is 349 g/mol. The first-order chi connectivity index (χ1) is 12.7. The third-order valence-electron chi connectivity index (χ3n) is 4.45. The SMILES string of the molecule is NCCCn1c(=O)c2c(nc3ccccn32)n(Cc2ccccc2)c1=O. The van der Waals surface area contributed by atoms with Gasteiger partial charge in [-0.25, -0.2) is 9.78 Å². The normalized spacial score (nSPS) is 11.4. The zero-order chi connectivity index (χ0) is 18.1. The fourth-order valence-electron chi connectivity index (χ4n) is 3.18. The Morgan fingerprint density at radius 1 is 0.962 bits per heavy atom. The number of rotatable bonds is 5. The number of nitrogens with zero attached hydrogens (tertiary/aromatic N) is 4. The number of hydrogen-bond acceptors (Lipinski definition) is 4. The van der Waals surface area contributed by atoms with Gasteiger partial charge < -0.3 is 5.73 Å². The van der Waals surface area contributed by atoms with Crippen LogP contribution in [0.1, 0.15) is 12.0 Å². The molecule has 3 heterocycles. The molecule has 0 fully saturated rings. The van der Waals surface area contributed by atoms with Crippen molar-refractivity contribution in [2.75, 3.05) is 6.54 Å². The summed E-state index contributed by atoms with van der Waals surface area (Å²) in [7, 11) is 0. The molecule has 0 amide bonds. The maximum atomic E-state index is 13.0. The van der Waals surface area contributed by atoms with Crippen molar-refractivity contribution >= 4 is 16.8 Å². The smallest absolute Gasteiger partial charge is 0.330 e. The van der Waals surface area contributed by atoms with E-state index in [0.29, 0.717) is 42.9 Å². The van der Waals surface area contributed by atoms with E-state index in [-0.39, 0.29) is 11.2 Å². The zero-order valence-electron chi connectivity index (χ0n) is 14.2. The van der Waals surface area contributed by atoms with Crippen molar-refractivity contribution in [2.24, 2.45) is 5.73 Å². The first-order valence-electron chi connectivity index (χ1n) is 8.55. The van der Waals surface area contributed by atoms with Crippen LogP contribution in [0, 0.1) is 0 Å². The van der Waals surface area contributed by atoms with Gasteiger partial charge in [-0.15, -0.1) is 0 Å². The van der Waals surface area contributed by atoms with Crippen LogP contribution >= 0.6 is 0 Å². The van der Waals surface area contributed by atoms with Gasteiger partial charge in [0.1, 0.15) is 5.65 Å². The Morgan fingerprint density at radius 2 is 1.73 bits per heavy atom. The Kier molecular flexibility index (Phi) is 4.14. The van der Waals surface area contributed by atoms with E-state index in [9.17, 15) is 9.59 Å². The third kappa shape index (κ3) is 2.62. The second-order valence-electron chi connectivity index (χ2n) is 6.17. The largest absolute Gasteiger partial charge is 0.333 e. The summed E-state index contributed by atoms with van der Waals surface area (Å²) in [4.78, 5) is 30.6. The molecule has 1 aromatic carbocycles. The molecular weight excluding hydrogens is 330 g/mol. The number of aromatic nitrogens is 4. The lowest BCUT2D eigenvalue weighted by molar-refractivity contribution is 0.566. The molecule has 26 heavy (non-hydrogen) atoms. The summed E-state index contributed by atoms with van der Waals surface area (Å²) in [5.41, 5.74) is 7.31. The molecule has 7 nitrogen and oxygen atoms in total. The molecule has 4 rings (SSSR count). The maximum absolute atomic E-state index is 13.0. The summed E-state index contributed by atoms with van der Waals surface area (Å²) in [5, 5.41) is 0. The average Bonchev–Trinajstić information content (AvgIpc) is 3.05. The number of nitrogens with two attached hydrogens (primary N) is 1. The van der Waals surface area contributed by atoms with E-state index >= 15 is 0 Å². The third-order valence-corrected chi connectivity index (χ3v) is 4.45. The molecule has 0 atom stereocenters. The van der Waals surface area contributed by atoms with Gasteiger partial charge in [-0.3, -0.25) is 18.3 Å². The van der Waals surface area contributed by atoms with Crippen LogP contribution in [0.2, 0.25) is 0 Å². The van der Waals surface area contributed by atoms with Crippen molar-refractivity contribution in [3.8, 4) is 0 Å². The van der Waals surface area contributed by atoms with Crippen molar-refractivity contribution < 1.29 is 0 Å². The standard InChI is InChI=1S/C19H19N5O2/c20-10-6-12-23-18(25)16-17(21-15-9-4-5-11-22(15)16)24(19(23)26)13-14-7-2-1-3-8-14/h1-5,7-9,11H,6,10,12-13,20H2. The fraction of sp³-hybridized carbons (Fsp3) is 0.211. The Labute approximate surface area is 148 Å². The Balaban J connectivity index is 2.05. The van der Waals surface area contributed by atoms with Crippen LogP contribution in [0.15, 0.2) is 64.3 Å². The molecule has 0 spiro atoms. The molecule has 0 aliphatic rings. The lowest BCUT2D eigenvalue weighted by atomic mass is 10.2. The second-order valence-corrected chi connectivity index (χ2v) is 6.17. The molecule has 0 unspecified atom stereocenters. The minimum absolute atomic E-state index is 0.291. The Hall–Kier alpha value is -3.19. The lowest BCUT2D eigenvalue weighted by Crippen LogP contribution is -2.41. The molecular formula is C19H19N5O2. The van der Waals surface area contributed by atoms with E-state index in [1.54, 1.807) is 15.2 Å². The van der Waals surface area contributed by atoms with E-state index in [4.69, 9.17) is 5.73 Å². The van der Waals surface area contributed by atoms with Crippen LogP contribution < -0.4 is 17.0 Å². The van der Waals surface area contributed by atoms with E-state index in [1.165, 1.54) is 4.57 Å². The van der Waals surface area contributed by atoms with Crippen LogP contribution in [0.5, 0.6) is 0 Å². The molecule has 132 valence electrons. The molecule has 0 saturated heterocycles. The van der Waals surface area contributed by atoms with Crippen LogP contribution in [0.4, 0.5) is 0 Å². The molecule has 7 heteroatoms. The number of hydrogen-bond donors (Lipinski definition) is 1. The van der Waals surface area contributed by atoms with Gasteiger partial charge in [0, 0.05) is 12.7 Å². The summed E-state index contributed by atoms with van der Waals surface area (Å²) in [6.07, 6.45) is 2.35. The highest BCUT2D eigenvalue weighted by molar-refractivity contribution is 5.76. The fourth-order valence-corrected chi connectivity index (χ4v) is 3.18. The van der Waals surface area contributed by atoms with E-state index in [1.807, 2.05) is 48.5 Å². The van der Waals surface area contributed by atoms with E-state index in [2.05, 4.69) is 4.98 Å². The summed E-state index contributed by atoms with van der Waals surface area (Å²) in [5.74, 6) is 0. The predicted octanol–water partition coefficient (Wildman–Crippen LogP) is 1.21. The van der Waals surface area contributed by atoms with Gasteiger partial charge in [0.15, 0.2) is 11.2 Å². The minimum Gasteiger partial charge on any atom is -0.330 e. The Bertz CT molecular complexity index is 1190. The van der Waals surface area contributed by atoms with Gasteiger partial charge in [0.25, 0.3) is 5.56 Å². The van der Waals surface area contributed by atoms with E-state index < -0.39 is 0 Å². The van der Waals surface area contributed by atoms with Crippen LogP contribution in [0.3, 0.4) is 0 Å². The lowest BCUT2D eigenvalue weighted by Gasteiger charge is -2.11. The van der Waals surface area contributed by atoms with Gasteiger partial charge in [0.05, 0.1) is 6.54 Å². The molecule has 0 saturated carbocycles. The number of fused-ring (bicyclic) bond motifs is 3. The van der Waals surface area contributed by atoms with Crippen LogP contribution in [-0.2, 0) is 13.1 Å². The molecule has 0 aliphatic heterocycles. The van der Waals surface area contributed by atoms with Crippen molar-refractivity contribution in [2.45, 2.75) is 19.5 Å². The van der Waals surface area contributed by atoms with Crippen molar-refractivity contribution in [3.63, 3.8) is 0 Å². The first-order valence-corrected chi connectivity index (χ1v) is 8.55. The quantitative estimate of drug-likeness (QED) is 0.587. The minimum atomic E-state index is -0.358. The van der Waals surface area contributed by atoms with Crippen molar-refractivity contribution in [1.29, 1.82) is 0 Å². The number of pyridine rings is 1. The van der Waals surface area contributed by atoms with Crippen LogP contribution in [-0.4, -0.2) is 25.1 Å². The molecule has 4 aromatic rings. The second kappa shape index (κ2) is 6.61. The molecule has 0 bridgehead atoms. The van der Waals surface area contributed by atoms with Gasteiger partial charge >= 0.3 is 5.69 Å². The molecule has 2 N–H and O–H groups in total. The summed E-state index contributed by atoms with van der Waals surface area (Å²) >= 11 is 0. The topological polar surface area (TPSA) is 87.3 Å². The molecule has 3 aromatic heterocycles. The highest BCUT2D eigenvalue weighted by Gasteiger charge is 2.18. The summed E-state index contributed by atoms with van der Waals surface area (Å²) in [6.45, 7) is 1.05. The van der Waals surface area contributed by atoms with Gasteiger partial charge in [-0.1, -0.05) is 36.4 Å². The first kappa shape index (κ1) is 16.3. The summed E-state index contributed by atoms with van der Waals surface area (Å²) in [6, 6.07) is 15.2. The average molecular weight is 349 g/mol. The van der Waals surface area contributed by atoms with Crippen LogP contribution in [0.25, 0.3) is 16.8 Å². The van der Waals surface area contributed by atoms with Gasteiger partial charge in [-0.05, 0) is 30.7 Å².